The van der Waals surface area contributed by atoms with Gasteiger partial charge >= 0.3 is 5.97 Å². The third-order valence-corrected chi connectivity index (χ3v) is 16.1. The molecule has 6 aromatic heterocycles. The zero-order valence-electron chi connectivity index (χ0n) is 46.5. The van der Waals surface area contributed by atoms with E-state index in [-0.39, 0.29) is 79.0 Å². The van der Waals surface area contributed by atoms with Crippen LogP contribution in [0.15, 0.2) is 61.2 Å². The van der Waals surface area contributed by atoms with E-state index in [4.69, 9.17) is 30.4 Å². The van der Waals surface area contributed by atoms with Gasteiger partial charge in [0.1, 0.15) is 70.3 Å². The number of aromatic nitrogens is 10. The molecule has 25 heteroatoms. The molecule has 21 nitrogen and oxygen atoms in total. The van der Waals surface area contributed by atoms with Gasteiger partial charge in [0.15, 0.2) is 17.1 Å². The smallest absolute Gasteiger partial charge is 0.339 e. The van der Waals surface area contributed by atoms with Crippen molar-refractivity contribution >= 4 is 83.7 Å². The number of ether oxygens (including phenoxy) is 2. The fourth-order valence-electron chi connectivity index (χ4n) is 8.08. The summed E-state index contributed by atoms with van der Waals surface area (Å²) >= 11 is 0. The van der Waals surface area contributed by atoms with E-state index in [1.165, 1.54) is 30.5 Å². The molecule has 8 rings (SSSR count). The first-order valence-corrected chi connectivity index (χ1v) is 33.4. The van der Waals surface area contributed by atoms with Gasteiger partial charge in [0.25, 0.3) is 5.91 Å². The molecule has 6 heterocycles. The standard InChI is InChI=1S/C27H35FN6O4Si.C21H24FN5O3Si.C6H13NO2/c1-17(23(36)7-6-10-35)30-27(37)20-15-34(16-38-11-12-39(3,4)5)26-25(20)31-21(14-29-26)24-19-9-8-18(28)13-22(19)33(2)32-24;1-26-17-9-13(22)5-6-14(17)18(25-26)16-10-23-20-19(24-16)15(21(28)29)11-27(20)12-30-7-8-31(2,3)4;1-5(7)6(9)3-2-4-8/h8-9,13-15,17,35H,6-7,10-12,16H2,1-5H3,(H,30,37);5-6,9-11H,7-8,12H2,1-4H3,(H,28,29);5,8H,2-4,7H2,1H3/t17-;;5-/m1.1/s1. The number of aromatic carboxylic acids is 1. The fraction of sp³-hybridized carbons (Fsp3) is 0.444. The molecule has 0 unspecified atom stereocenters. The number of halogens is 2. The van der Waals surface area contributed by atoms with E-state index < -0.39 is 34.1 Å². The van der Waals surface area contributed by atoms with Crippen LogP contribution in [0.25, 0.3) is 66.9 Å². The summed E-state index contributed by atoms with van der Waals surface area (Å²) in [4.78, 5) is 66.6. The van der Waals surface area contributed by atoms with E-state index in [0.29, 0.717) is 93.9 Å². The quantitative estimate of drug-likeness (QED) is 0.0303. The van der Waals surface area contributed by atoms with Crippen molar-refractivity contribution in [3.63, 3.8) is 0 Å². The number of nitrogens with one attached hydrogen (secondary N) is 1. The highest BCUT2D eigenvalue weighted by Crippen LogP contribution is 2.31. The van der Waals surface area contributed by atoms with Crippen molar-refractivity contribution < 1.29 is 52.8 Å². The number of aliphatic hydroxyl groups is 2. The Labute approximate surface area is 458 Å². The van der Waals surface area contributed by atoms with Crippen LogP contribution in [0.3, 0.4) is 0 Å². The monoisotopic (exact) mass is 1130 g/mol. The normalized spacial score (nSPS) is 12.6. The molecular weight excluding hydrogens is 1050 g/mol. The Bertz CT molecular complexity index is 3450. The van der Waals surface area contributed by atoms with Crippen LogP contribution in [0.5, 0.6) is 0 Å². The van der Waals surface area contributed by atoms with Crippen molar-refractivity contribution in [1.29, 1.82) is 0 Å². The first-order valence-electron chi connectivity index (χ1n) is 26.0. The maximum Gasteiger partial charge on any atom is 0.339 e. The number of hydrogen-bond acceptors (Lipinski definition) is 15. The molecule has 0 bridgehead atoms. The number of ketones is 2. The number of aliphatic hydroxyl groups excluding tert-OH is 2. The van der Waals surface area contributed by atoms with E-state index >= 15 is 0 Å². The third kappa shape index (κ3) is 16.1. The number of nitrogens with two attached hydrogens (primary N) is 1. The van der Waals surface area contributed by atoms with Crippen LogP contribution in [0.4, 0.5) is 8.78 Å². The van der Waals surface area contributed by atoms with Gasteiger partial charge in [-0.3, -0.25) is 23.7 Å². The average Bonchev–Trinajstić information content (AvgIpc) is 4.28. The lowest BCUT2D eigenvalue weighted by Gasteiger charge is -2.15. The number of benzene rings is 2. The van der Waals surface area contributed by atoms with Crippen LogP contribution in [0, 0.1) is 11.6 Å². The number of hydrogen-bond donors (Lipinski definition) is 5. The van der Waals surface area contributed by atoms with Crippen molar-refractivity contribution in [1.82, 2.24) is 53.9 Å². The minimum absolute atomic E-state index is 0.0176. The first kappa shape index (κ1) is 61.2. The van der Waals surface area contributed by atoms with Gasteiger partial charge in [-0.15, -0.1) is 0 Å². The number of carboxylic acids is 1. The molecule has 0 fully saturated rings. The number of amides is 1. The van der Waals surface area contributed by atoms with Crippen molar-refractivity contribution in [3.05, 3.63) is 83.9 Å². The van der Waals surface area contributed by atoms with Crippen molar-refractivity contribution in [2.75, 3.05) is 26.4 Å². The third-order valence-electron chi connectivity index (χ3n) is 12.7. The summed E-state index contributed by atoms with van der Waals surface area (Å²) in [5.41, 5.74) is 10.1. The minimum Gasteiger partial charge on any atom is -0.478 e. The predicted octanol–water partition coefficient (Wildman–Crippen LogP) is 7.71. The van der Waals surface area contributed by atoms with Gasteiger partial charge in [0.2, 0.25) is 0 Å². The predicted molar refractivity (Wildman–Crippen MR) is 303 cm³/mol. The lowest BCUT2D eigenvalue weighted by atomic mass is 10.1. The SMILES string of the molecule is C[C@@H](N)C(=O)CCCO.C[C@@H](NC(=O)c1cn(COCC[Si](C)(C)C)c2ncc(-c3nn(C)c4cc(F)ccc34)nc12)C(=O)CCCO.Cn1nc(-c2cnc3c(n2)c(C(=O)O)cn3COCC[Si](C)(C)C)c2ccc(F)cc21. The molecule has 0 aliphatic rings. The highest BCUT2D eigenvalue weighted by atomic mass is 28.3. The van der Waals surface area contributed by atoms with Crippen molar-refractivity contribution in [2.45, 2.75) is 116 Å². The summed E-state index contributed by atoms with van der Waals surface area (Å²) in [5.74, 6) is -2.44. The lowest BCUT2D eigenvalue weighted by Crippen LogP contribution is -2.38. The Morgan fingerprint density at radius 1 is 0.684 bits per heavy atom. The van der Waals surface area contributed by atoms with Gasteiger partial charge in [-0.1, -0.05) is 39.3 Å². The Morgan fingerprint density at radius 3 is 1.53 bits per heavy atom. The van der Waals surface area contributed by atoms with E-state index in [2.05, 4.69) is 69.7 Å². The number of rotatable bonds is 23. The molecule has 2 atom stereocenters. The van der Waals surface area contributed by atoms with E-state index in [1.807, 2.05) is 0 Å². The molecule has 0 radical (unpaired) electrons. The van der Waals surface area contributed by atoms with Crippen molar-refractivity contribution in [3.8, 4) is 22.8 Å². The zero-order valence-corrected chi connectivity index (χ0v) is 48.5. The van der Waals surface area contributed by atoms with Gasteiger partial charge < -0.3 is 45.0 Å². The van der Waals surface area contributed by atoms with Crippen molar-refractivity contribution in [2.24, 2.45) is 19.8 Å². The molecule has 424 valence electrons. The number of carbonyl (C=O) groups is 4. The van der Waals surface area contributed by atoms with Crippen LogP contribution in [-0.2, 0) is 46.6 Å². The van der Waals surface area contributed by atoms with Gasteiger partial charge in [-0.05, 0) is 75.2 Å². The van der Waals surface area contributed by atoms with Gasteiger partial charge in [0.05, 0.1) is 41.1 Å². The number of Topliss-reactive ketones (excluding diaryl/α,β-unsaturated/α-hetero) is 2. The molecule has 8 aromatic rings. The fourth-order valence-corrected chi connectivity index (χ4v) is 9.59. The molecule has 0 saturated heterocycles. The second-order valence-corrected chi connectivity index (χ2v) is 33.0. The highest BCUT2D eigenvalue weighted by molar-refractivity contribution is 6.76. The molecule has 0 aliphatic heterocycles. The van der Waals surface area contributed by atoms with E-state index in [1.54, 1.807) is 77.2 Å². The molecule has 6 N–H and O–H groups in total. The molecule has 0 saturated carbocycles. The Kier molecular flexibility index (Phi) is 20.7. The zero-order chi connectivity index (χ0) is 57.9. The number of fused-ring (bicyclic) bond motifs is 4. The topological polar surface area (TPSA) is 283 Å². The summed E-state index contributed by atoms with van der Waals surface area (Å²) in [6.07, 6.45) is 7.69. The molecule has 1 amide bonds. The van der Waals surface area contributed by atoms with Gasteiger partial charge in [-0.2, -0.15) is 10.2 Å². The maximum atomic E-state index is 13.8. The molecular formula is C54H72F2N12O9Si2. The lowest BCUT2D eigenvalue weighted by molar-refractivity contribution is -0.121. The summed E-state index contributed by atoms with van der Waals surface area (Å²) in [6, 6.07) is 9.69. The van der Waals surface area contributed by atoms with Crippen LogP contribution < -0.4 is 11.1 Å². The van der Waals surface area contributed by atoms with Gasteiger partial charge in [-0.25, -0.2) is 33.5 Å². The summed E-state index contributed by atoms with van der Waals surface area (Å²) in [5, 5.41) is 40.1. The first-order chi connectivity index (χ1) is 37.3. The van der Waals surface area contributed by atoms with Crippen LogP contribution in [0.2, 0.25) is 51.4 Å². The minimum atomic E-state index is -1.28. The van der Waals surface area contributed by atoms with E-state index in [9.17, 15) is 33.1 Å². The Balaban J connectivity index is 0.000000225. The number of carboxylic acid groups (broad SMARTS) is 1. The van der Waals surface area contributed by atoms with Gasteiger partial charge in [0, 0.05) is 92.7 Å². The number of nitrogens with zero attached hydrogens (tertiary/aromatic N) is 10. The Hall–Kier alpha value is -7.01. The average molecular weight is 1130 g/mol. The molecule has 0 aliphatic carbocycles. The second-order valence-electron chi connectivity index (χ2n) is 21.7. The Morgan fingerprint density at radius 2 is 1.11 bits per heavy atom. The second kappa shape index (κ2) is 26.8. The molecule has 79 heavy (non-hydrogen) atoms. The molecule has 0 spiro atoms. The summed E-state index contributed by atoms with van der Waals surface area (Å²) in [7, 11) is 0.942. The number of aryl methyl sites for hydroxylation is 2. The maximum absolute atomic E-state index is 13.8. The molecule has 2 aromatic carbocycles. The van der Waals surface area contributed by atoms with Crippen LogP contribution >= 0.6 is 0 Å². The summed E-state index contributed by atoms with van der Waals surface area (Å²) < 4.78 is 45.7. The summed E-state index contributed by atoms with van der Waals surface area (Å²) in [6.45, 7) is 18.5. The van der Waals surface area contributed by atoms with Crippen LogP contribution in [0.1, 0.15) is 60.2 Å². The highest BCUT2D eigenvalue weighted by Gasteiger charge is 2.25. The number of carbonyl (C=O) groups excluding carboxylic acids is 3. The van der Waals surface area contributed by atoms with E-state index in [0.717, 1.165) is 12.1 Å². The largest absolute Gasteiger partial charge is 0.478 e. The van der Waals surface area contributed by atoms with Crippen LogP contribution in [-0.4, -0.2) is 142 Å².